The Labute approximate surface area is 133 Å². The van der Waals surface area contributed by atoms with Crippen LogP contribution in [0, 0.1) is 6.92 Å². The molecule has 1 N–H and O–H groups in total. The van der Waals surface area contributed by atoms with Crippen LogP contribution in [0.2, 0.25) is 0 Å². The van der Waals surface area contributed by atoms with Crippen molar-refractivity contribution in [2.45, 2.75) is 23.4 Å². The maximum absolute atomic E-state index is 12.1. The van der Waals surface area contributed by atoms with Crippen LogP contribution in [0.15, 0.2) is 28.6 Å². The van der Waals surface area contributed by atoms with Crippen molar-refractivity contribution < 1.29 is 4.79 Å². The molecule has 1 aromatic carbocycles. The number of fused-ring (bicyclic) bond motifs is 1. The highest BCUT2D eigenvalue weighted by atomic mass is 32.2. The van der Waals surface area contributed by atoms with Gasteiger partial charge < -0.3 is 0 Å². The van der Waals surface area contributed by atoms with Crippen LogP contribution < -0.4 is 5.32 Å². The number of nitrogens with one attached hydrogen (secondary N) is 1. The fraction of sp³-hybridized carbons (Fsp3) is 0.231. The number of rotatable bonds is 4. The second kappa shape index (κ2) is 6.08. The molecule has 8 heteroatoms. The topological polar surface area (TPSA) is 67.8 Å². The number of para-hydroxylation sites is 1. The number of thiazole rings is 1. The van der Waals surface area contributed by atoms with Gasteiger partial charge in [0.15, 0.2) is 4.34 Å². The molecule has 0 aliphatic carbocycles. The number of aromatic nitrogens is 3. The summed E-state index contributed by atoms with van der Waals surface area (Å²) in [5, 5.41) is 11.7. The number of aryl methyl sites for hydroxylation is 1. The van der Waals surface area contributed by atoms with Gasteiger partial charge in [-0.3, -0.25) is 10.1 Å². The average molecular weight is 336 g/mol. The van der Waals surface area contributed by atoms with Gasteiger partial charge in [0.2, 0.25) is 11.0 Å². The first-order chi connectivity index (χ1) is 10.1. The van der Waals surface area contributed by atoms with Crippen molar-refractivity contribution >= 4 is 55.7 Å². The average Bonchev–Trinajstić information content (AvgIpc) is 3.04. The second-order valence-corrected chi connectivity index (χ2v) is 8.12. The zero-order valence-corrected chi connectivity index (χ0v) is 13.8. The summed E-state index contributed by atoms with van der Waals surface area (Å²) in [7, 11) is 0. The highest BCUT2D eigenvalue weighted by Crippen LogP contribution is 2.32. The van der Waals surface area contributed by atoms with E-state index >= 15 is 0 Å². The molecule has 0 aliphatic heterocycles. The Morgan fingerprint density at radius 3 is 2.81 bits per heavy atom. The van der Waals surface area contributed by atoms with Crippen molar-refractivity contribution in [1.82, 2.24) is 15.2 Å². The predicted octanol–water partition coefficient (Wildman–Crippen LogP) is 3.58. The lowest BCUT2D eigenvalue weighted by Crippen LogP contribution is -2.22. The molecule has 0 saturated heterocycles. The zero-order valence-electron chi connectivity index (χ0n) is 11.4. The Morgan fingerprint density at radius 2 is 2.10 bits per heavy atom. The molecular weight excluding hydrogens is 324 g/mol. The monoisotopic (exact) mass is 336 g/mol. The highest BCUT2D eigenvalue weighted by molar-refractivity contribution is 8.02. The molecule has 0 aliphatic rings. The molecule has 1 atom stereocenters. The van der Waals surface area contributed by atoms with Crippen molar-refractivity contribution in [2.75, 3.05) is 5.32 Å². The minimum atomic E-state index is -0.241. The summed E-state index contributed by atoms with van der Waals surface area (Å²) in [6.45, 7) is 3.71. The van der Waals surface area contributed by atoms with Gasteiger partial charge in [-0.05, 0) is 26.0 Å². The van der Waals surface area contributed by atoms with E-state index in [1.165, 1.54) is 23.1 Å². The van der Waals surface area contributed by atoms with E-state index in [-0.39, 0.29) is 11.2 Å². The van der Waals surface area contributed by atoms with Gasteiger partial charge in [-0.25, -0.2) is 4.98 Å². The standard InChI is InChI=1S/C13H12N4OS3/c1-7(11(18)15-12-17-16-8(2)20-12)19-13-14-9-5-3-4-6-10(9)21-13/h3-7H,1-2H3,(H,15,17,18). The van der Waals surface area contributed by atoms with Crippen molar-refractivity contribution in [3.05, 3.63) is 29.3 Å². The van der Waals surface area contributed by atoms with Crippen LogP contribution in [0.25, 0.3) is 10.2 Å². The summed E-state index contributed by atoms with van der Waals surface area (Å²) in [6.07, 6.45) is 0. The van der Waals surface area contributed by atoms with E-state index in [0.29, 0.717) is 5.13 Å². The number of hydrogen-bond donors (Lipinski definition) is 1. The smallest absolute Gasteiger partial charge is 0.239 e. The zero-order chi connectivity index (χ0) is 14.8. The van der Waals surface area contributed by atoms with Gasteiger partial charge in [0, 0.05) is 0 Å². The molecule has 1 unspecified atom stereocenters. The maximum Gasteiger partial charge on any atom is 0.239 e. The fourth-order valence-electron chi connectivity index (χ4n) is 1.66. The SMILES string of the molecule is Cc1nnc(NC(=O)C(C)Sc2nc3ccccc3s2)s1. The first-order valence-electron chi connectivity index (χ1n) is 6.25. The molecular formula is C13H12N4OS3. The van der Waals surface area contributed by atoms with Gasteiger partial charge in [-0.1, -0.05) is 35.2 Å². The van der Waals surface area contributed by atoms with Crippen molar-refractivity contribution in [2.24, 2.45) is 0 Å². The maximum atomic E-state index is 12.1. The molecule has 0 radical (unpaired) electrons. The summed E-state index contributed by atoms with van der Waals surface area (Å²) < 4.78 is 2.03. The molecule has 0 spiro atoms. The lowest BCUT2D eigenvalue weighted by Gasteiger charge is -2.07. The molecule has 0 saturated carbocycles. The van der Waals surface area contributed by atoms with Crippen LogP contribution in [0.4, 0.5) is 5.13 Å². The summed E-state index contributed by atoms with van der Waals surface area (Å²) in [5.41, 5.74) is 0.970. The van der Waals surface area contributed by atoms with Gasteiger partial charge in [0.25, 0.3) is 0 Å². The molecule has 21 heavy (non-hydrogen) atoms. The highest BCUT2D eigenvalue weighted by Gasteiger charge is 2.18. The number of anilines is 1. The van der Waals surface area contributed by atoms with Crippen LogP contribution in [-0.4, -0.2) is 26.3 Å². The number of hydrogen-bond acceptors (Lipinski definition) is 7. The molecule has 0 fully saturated rings. The molecule has 5 nitrogen and oxygen atoms in total. The molecule has 108 valence electrons. The van der Waals surface area contributed by atoms with Crippen LogP contribution in [0.3, 0.4) is 0 Å². The van der Waals surface area contributed by atoms with Gasteiger partial charge in [-0.2, -0.15) is 0 Å². The fourth-order valence-corrected chi connectivity index (χ4v) is 4.47. The van der Waals surface area contributed by atoms with Crippen molar-refractivity contribution in [3.8, 4) is 0 Å². The minimum Gasteiger partial charge on any atom is -0.300 e. The van der Waals surface area contributed by atoms with Crippen LogP contribution in [0.5, 0.6) is 0 Å². The molecule has 3 rings (SSSR count). The van der Waals surface area contributed by atoms with Gasteiger partial charge >= 0.3 is 0 Å². The quantitative estimate of drug-likeness (QED) is 0.738. The minimum absolute atomic E-state index is 0.0876. The number of thioether (sulfide) groups is 1. The largest absolute Gasteiger partial charge is 0.300 e. The Balaban J connectivity index is 1.67. The number of nitrogens with zero attached hydrogens (tertiary/aromatic N) is 3. The number of carbonyl (C=O) groups excluding carboxylic acids is 1. The Bertz CT molecular complexity index is 749. The lowest BCUT2D eigenvalue weighted by atomic mass is 10.3. The summed E-state index contributed by atoms with van der Waals surface area (Å²) >= 11 is 4.42. The Hall–Kier alpha value is -1.51. The number of amides is 1. The first-order valence-corrected chi connectivity index (χ1v) is 8.76. The van der Waals surface area contributed by atoms with Gasteiger partial charge in [0.05, 0.1) is 15.5 Å². The molecule has 0 bridgehead atoms. The van der Waals surface area contributed by atoms with Crippen molar-refractivity contribution in [1.29, 1.82) is 0 Å². The Kier molecular flexibility index (Phi) is 4.18. The molecule has 1 amide bonds. The van der Waals surface area contributed by atoms with Crippen LogP contribution in [-0.2, 0) is 4.79 Å². The Morgan fingerprint density at radius 1 is 1.29 bits per heavy atom. The van der Waals surface area contributed by atoms with E-state index < -0.39 is 0 Å². The van der Waals surface area contributed by atoms with E-state index in [9.17, 15) is 4.79 Å². The van der Waals surface area contributed by atoms with Crippen LogP contribution >= 0.6 is 34.4 Å². The molecule has 3 aromatic rings. The normalized spacial score (nSPS) is 12.5. The van der Waals surface area contributed by atoms with Crippen LogP contribution in [0.1, 0.15) is 11.9 Å². The second-order valence-electron chi connectivity index (χ2n) is 4.32. The van der Waals surface area contributed by atoms with E-state index in [1.807, 2.05) is 38.1 Å². The summed E-state index contributed by atoms with van der Waals surface area (Å²) in [6, 6.07) is 7.96. The molecule has 2 heterocycles. The third-order valence-electron chi connectivity index (χ3n) is 2.68. The third kappa shape index (κ3) is 3.39. The van der Waals surface area contributed by atoms with Crippen molar-refractivity contribution in [3.63, 3.8) is 0 Å². The van der Waals surface area contributed by atoms with E-state index in [1.54, 1.807) is 11.3 Å². The van der Waals surface area contributed by atoms with E-state index in [2.05, 4.69) is 20.5 Å². The van der Waals surface area contributed by atoms with Gasteiger partial charge in [-0.15, -0.1) is 21.5 Å². The molecule has 2 aromatic heterocycles. The lowest BCUT2D eigenvalue weighted by molar-refractivity contribution is -0.115. The third-order valence-corrected chi connectivity index (χ3v) is 5.66. The summed E-state index contributed by atoms with van der Waals surface area (Å²) in [5.74, 6) is -0.0876. The predicted molar refractivity (Wildman–Crippen MR) is 88.2 cm³/mol. The van der Waals surface area contributed by atoms with E-state index in [0.717, 1.165) is 19.6 Å². The summed E-state index contributed by atoms with van der Waals surface area (Å²) in [4.78, 5) is 16.6. The van der Waals surface area contributed by atoms with Gasteiger partial charge in [0.1, 0.15) is 5.01 Å². The van der Waals surface area contributed by atoms with E-state index in [4.69, 9.17) is 0 Å². The first kappa shape index (κ1) is 14.4. The number of benzene rings is 1. The number of carbonyl (C=O) groups is 1.